The number of aromatic nitrogens is 1. The zero-order valence-corrected chi connectivity index (χ0v) is 11.2. The number of nitrogens with one attached hydrogen (secondary N) is 1. The molecule has 1 heterocycles. The lowest BCUT2D eigenvalue weighted by molar-refractivity contribution is 0.448. The molecule has 0 aliphatic carbocycles. The van der Waals surface area contributed by atoms with Gasteiger partial charge in [0.05, 0.1) is 11.9 Å². The number of hydrogen-bond acceptors (Lipinski definition) is 4. The first-order chi connectivity index (χ1) is 8.79. The molecular formula is C9H4ClF3N2O2S2. The Kier molecular flexibility index (Phi) is 3.70. The number of halogens is 4. The van der Waals surface area contributed by atoms with Crippen LogP contribution in [-0.2, 0) is 10.0 Å². The normalized spacial score (nSPS) is 11.6. The standard InChI is InChI=1S/C9H4ClF3N2O2S2/c10-9-14-3-7(18-9)19(16,17)15-4-1-5(11)8(13)6(12)2-4/h1-3,15H. The fraction of sp³-hybridized carbons (Fsp3) is 0. The molecule has 0 radical (unpaired) electrons. The number of hydrogen-bond donors (Lipinski definition) is 1. The van der Waals surface area contributed by atoms with Crippen LogP contribution in [0.4, 0.5) is 18.9 Å². The number of thiazole rings is 1. The third-order valence-corrected chi connectivity index (χ3v) is 4.91. The number of anilines is 1. The van der Waals surface area contributed by atoms with Gasteiger partial charge >= 0.3 is 0 Å². The van der Waals surface area contributed by atoms with Crippen LogP contribution < -0.4 is 4.72 Å². The molecule has 0 aliphatic rings. The highest BCUT2D eigenvalue weighted by Gasteiger charge is 2.19. The number of rotatable bonds is 3. The van der Waals surface area contributed by atoms with Crippen molar-refractivity contribution in [2.24, 2.45) is 0 Å². The van der Waals surface area contributed by atoms with Crippen molar-refractivity contribution in [2.75, 3.05) is 4.72 Å². The summed E-state index contributed by atoms with van der Waals surface area (Å²) in [6, 6.07) is 1.05. The van der Waals surface area contributed by atoms with Gasteiger partial charge in [0.1, 0.15) is 0 Å². The summed E-state index contributed by atoms with van der Waals surface area (Å²) in [5.74, 6) is -4.68. The first kappa shape index (κ1) is 14.1. The van der Waals surface area contributed by atoms with E-state index in [2.05, 4.69) is 4.98 Å². The molecule has 0 saturated carbocycles. The van der Waals surface area contributed by atoms with Crippen LogP contribution in [-0.4, -0.2) is 13.4 Å². The Labute approximate surface area is 114 Å². The molecule has 4 nitrogen and oxygen atoms in total. The van der Waals surface area contributed by atoms with Crippen LogP contribution in [0.5, 0.6) is 0 Å². The summed E-state index contributed by atoms with van der Waals surface area (Å²) in [6.45, 7) is 0. The van der Waals surface area contributed by atoms with E-state index in [9.17, 15) is 21.6 Å². The fourth-order valence-corrected chi connectivity index (χ4v) is 3.52. The van der Waals surface area contributed by atoms with Gasteiger partial charge in [-0.15, -0.1) is 0 Å². The summed E-state index contributed by atoms with van der Waals surface area (Å²) in [5, 5.41) is 0. The monoisotopic (exact) mass is 328 g/mol. The Hall–Kier alpha value is -1.32. The van der Waals surface area contributed by atoms with E-state index in [-0.39, 0.29) is 8.68 Å². The quantitative estimate of drug-likeness (QED) is 0.881. The van der Waals surface area contributed by atoms with Crippen molar-refractivity contribution in [3.8, 4) is 0 Å². The summed E-state index contributed by atoms with van der Waals surface area (Å²) in [5.41, 5.74) is -0.444. The van der Waals surface area contributed by atoms with Crippen LogP contribution in [0, 0.1) is 17.5 Å². The summed E-state index contributed by atoms with van der Waals surface area (Å²) in [4.78, 5) is 3.53. The minimum Gasteiger partial charge on any atom is -0.279 e. The van der Waals surface area contributed by atoms with Crippen molar-refractivity contribution >= 4 is 38.6 Å². The smallest absolute Gasteiger partial charge is 0.273 e. The van der Waals surface area contributed by atoms with Crippen LogP contribution in [0.15, 0.2) is 22.5 Å². The van der Waals surface area contributed by atoms with Crippen molar-refractivity contribution < 1.29 is 21.6 Å². The molecule has 1 aromatic carbocycles. The average Bonchev–Trinajstić information content (AvgIpc) is 2.73. The van der Waals surface area contributed by atoms with Crippen LogP contribution in [0.3, 0.4) is 0 Å². The Balaban J connectivity index is 2.36. The highest BCUT2D eigenvalue weighted by Crippen LogP contribution is 2.25. The van der Waals surface area contributed by atoms with Crippen molar-refractivity contribution in [3.05, 3.63) is 40.2 Å². The van der Waals surface area contributed by atoms with E-state index in [1.807, 2.05) is 4.72 Å². The molecule has 1 N–H and O–H groups in total. The van der Waals surface area contributed by atoms with Crippen LogP contribution >= 0.6 is 22.9 Å². The van der Waals surface area contributed by atoms with E-state index in [1.54, 1.807) is 0 Å². The maximum Gasteiger partial charge on any atom is 0.273 e. The molecule has 102 valence electrons. The van der Waals surface area contributed by atoms with Gasteiger partial charge in [0.15, 0.2) is 26.1 Å². The van der Waals surface area contributed by atoms with Crippen molar-refractivity contribution in [3.63, 3.8) is 0 Å². The highest BCUT2D eigenvalue weighted by atomic mass is 35.5. The molecule has 0 unspecified atom stereocenters. The van der Waals surface area contributed by atoms with Crippen LogP contribution in [0.1, 0.15) is 0 Å². The van der Waals surface area contributed by atoms with Gasteiger partial charge in [-0.05, 0) is 0 Å². The predicted molar refractivity (Wildman–Crippen MR) is 64.2 cm³/mol. The summed E-state index contributed by atoms with van der Waals surface area (Å²) in [7, 11) is -4.07. The first-order valence-corrected chi connectivity index (χ1v) is 7.26. The molecule has 0 atom stereocenters. The van der Waals surface area contributed by atoms with Crippen LogP contribution in [0.2, 0.25) is 4.47 Å². The topological polar surface area (TPSA) is 59.1 Å². The minimum absolute atomic E-state index is 0.00292. The second kappa shape index (κ2) is 4.99. The second-order valence-corrected chi connectivity index (χ2v) is 6.81. The van der Waals surface area contributed by atoms with Crippen molar-refractivity contribution in [1.82, 2.24) is 4.98 Å². The molecule has 0 aliphatic heterocycles. The highest BCUT2D eigenvalue weighted by molar-refractivity contribution is 7.94. The van der Waals surface area contributed by atoms with Gasteiger partial charge < -0.3 is 0 Å². The van der Waals surface area contributed by atoms with Gasteiger partial charge in [0, 0.05) is 12.1 Å². The third kappa shape index (κ3) is 2.99. The Morgan fingerprint density at radius 2 is 1.79 bits per heavy atom. The maximum absolute atomic E-state index is 12.9. The van der Waals surface area contributed by atoms with Gasteiger partial charge in [0.2, 0.25) is 0 Å². The Bertz CT molecular complexity index is 710. The van der Waals surface area contributed by atoms with E-state index in [0.717, 1.165) is 6.20 Å². The molecule has 10 heteroatoms. The molecule has 0 amide bonds. The molecule has 0 bridgehead atoms. The number of benzene rings is 1. The molecule has 19 heavy (non-hydrogen) atoms. The molecule has 0 fully saturated rings. The van der Waals surface area contributed by atoms with E-state index in [1.165, 1.54) is 0 Å². The van der Waals surface area contributed by atoms with Gasteiger partial charge in [-0.25, -0.2) is 26.6 Å². The average molecular weight is 329 g/mol. The van der Waals surface area contributed by atoms with E-state index < -0.39 is 33.2 Å². The maximum atomic E-state index is 12.9. The molecule has 2 rings (SSSR count). The third-order valence-electron chi connectivity index (χ3n) is 1.96. The Morgan fingerprint density at radius 1 is 1.21 bits per heavy atom. The second-order valence-electron chi connectivity index (χ2n) is 3.29. The summed E-state index contributed by atoms with van der Waals surface area (Å²) >= 11 is 6.15. The fourth-order valence-electron chi connectivity index (χ4n) is 1.18. The lowest BCUT2D eigenvalue weighted by atomic mass is 10.3. The molecular weight excluding hydrogens is 325 g/mol. The number of sulfonamides is 1. The van der Waals surface area contributed by atoms with E-state index in [0.29, 0.717) is 23.5 Å². The molecule has 0 saturated heterocycles. The van der Waals surface area contributed by atoms with Gasteiger partial charge in [0.25, 0.3) is 10.0 Å². The number of nitrogens with zero attached hydrogens (tertiary/aromatic N) is 1. The van der Waals surface area contributed by atoms with Crippen LogP contribution in [0.25, 0.3) is 0 Å². The predicted octanol–water partition coefficient (Wildman–Crippen LogP) is 3.01. The molecule has 0 spiro atoms. The van der Waals surface area contributed by atoms with Gasteiger partial charge in [-0.3, -0.25) is 4.72 Å². The van der Waals surface area contributed by atoms with E-state index in [4.69, 9.17) is 11.6 Å². The largest absolute Gasteiger partial charge is 0.279 e. The van der Waals surface area contributed by atoms with E-state index >= 15 is 0 Å². The van der Waals surface area contributed by atoms with Gasteiger partial charge in [-0.2, -0.15) is 0 Å². The summed E-state index contributed by atoms with van der Waals surface area (Å²) in [6.07, 6.45) is 0.992. The lowest BCUT2D eigenvalue weighted by Crippen LogP contribution is -2.12. The lowest BCUT2D eigenvalue weighted by Gasteiger charge is -2.06. The molecule has 2 aromatic rings. The Morgan fingerprint density at radius 3 is 2.26 bits per heavy atom. The molecule has 1 aromatic heterocycles. The SMILES string of the molecule is O=S(=O)(Nc1cc(F)c(F)c(F)c1)c1cnc(Cl)s1. The van der Waals surface area contributed by atoms with Crippen molar-refractivity contribution in [2.45, 2.75) is 4.21 Å². The zero-order valence-electron chi connectivity index (χ0n) is 8.82. The zero-order chi connectivity index (χ0) is 14.2. The van der Waals surface area contributed by atoms with Gasteiger partial charge in [-0.1, -0.05) is 22.9 Å². The summed E-state index contributed by atoms with van der Waals surface area (Å²) < 4.78 is 63.8. The van der Waals surface area contributed by atoms with Crippen molar-refractivity contribution in [1.29, 1.82) is 0 Å². The minimum atomic E-state index is -4.07. The first-order valence-electron chi connectivity index (χ1n) is 4.58.